The molecule has 21 heavy (non-hydrogen) atoms. The van der Waals surface area contributed by atoms with Crippen LogP contribution in [-0.2, 0) is 12.8 Å². The second-order valence-electron chi connectivity index (χ2n) is 5.40. The molecule has 0 saturated heterocycles. The lowest BCUT2D eigenvalue weighted by Gasteiger charge is -2.08. The predicted octanol–water partition coefficient (Wildman–Crippen LogP) is 2.12. The van der Waals surface area contributed by atoms with Crippen molar-refractivity contribution in [3.05, 3.63) is 60.1 Å². The molecule has 0 spiro atoms. The van der Waals surface area contributed by atoms with E-state index in [9.17, 15) is 9.90 Å². The molecule has 2 aromatic heterocycles. The van der Waals surface area contributed by atoms with Gasteiger partial charge in [0.15, 0.2) is 5.43 Å². The van der Waals surface area contributed by atoms with Crippen molar-refractivity contribution >= 4 is 29.2 Å². The number of hydrogen-bond acceptors (Lipinski definition) is 4. The molecule has 2 aromatic rings. The zero-order valence-electron chi connectivity index (χ0n) is 11.4. The molecular formula is C17H14O3S. The molecule has 0 saturated carbocycles. The SMILES string of the molecule is O=c1c2c(oc3c1=CCC(=C(O)c1ccsc1)C=3)CCC2. The number of aliphatic hydroxyl groups excluding tert-OH is 1. The van der Waals surface area contributed by atoms with Crippen LogP contribution in [-0.4, -0.2) is 5.11 Å². The van der Waals surface area contributed by atoms with Gasteiger partial charge in [0.1, 0.15) is 16.9 Å². The van der Waals surface area contributed by atoms with E-state index >= 15 is 0 Å². The molecule has 0 amide bonds. The van der Waals surface area contributed by atoms with Gasteiger partial charge in [-0.2, -0.15) is 11.3 Å². The first-order chi connectivity index (χ1) is 10.2. The summed E-state index contributed by atoms with van der Waals surface area (Å²) in [7, 11) is 0. The van der Waals surface area contributed by atoms with Gasteiger partial charge in [-0.15, -0.1) is 0 Å². The van der Waals surface area contributed by atoms with Crippen LogP contribution in [0.15, 0.2) is 31.6 Å². The van der Waals surface area contributed by atoms with E-state index < -0.39 is 0 Å². The smallest absolute Gasteiger partial charge is 0.195 e. The van der Waals surface area contributed by atoms with E-state index in [1.165, 1.54) is 0 Å². The maximum absolute atomic E-state index is 12.4. The van der Waals surface area contributed by atoms with Gasteiger partial charge in [0.05, 0.1) is 5.22 Å². The summed E-state index contributed by atoms with van der Waals surface area (Å²) in [6.45, 7) is 0. The van der Waals surface area contributed by atoms with Crippen molar-refractivity contribution < 1.29 is 9.52 Å². The maximum Gasteiger partial charge on any atom is 0.195 e. The van der Waals surface area contributed by atoms with Crippen molar-refractivity contribution in [2.45, 2.75) is 25.7 Å². The van der Waals surface area contributed by atoms with Crippen LogP contribution in [0.1, 0.15) is 29.7 Å². The molecule has 4 heteroatoms. The number of aryl methyl sites for hydroxylation is 1. The Labute approximate surface area is 125 Å². The van der Waals surface area contributed by atoms with Crippen LogP contribution in [0.5, 0.6) is 0 Å². The zero-order valence-corrected chi connectivity index (χ0v) is 12.2. The Kier molecular flexibility index (Phi) is 2.86. The minimum absolute atomic E-state index is 0.106. The average molecular weight is 298 g/mol. The number of aliphatic hydroxyl groups is 1. The van der Waals surface area contributed by atoms with Crippen LogP contribution in [0, 0.1) is 0 Å². The number of hydrogen-bond donors (Lipinski definition) is 1. The zero-order chi connectivity index (χ0) is 14.4. The van der Waals surface area contributed by atoms with Gasteiger partial charge in [0.2, 0.25) is 0 Å². The van der Waals surface area contributed by atoms with Crippen molar-refractivity contribution in [2.24, 2.45) is 0 Å². The number of fused-ring (bicyclic) bond motifs is 2. The molecule has 0 aliphatic heterocycles. The third-order valence-electron chi connectivity index (χ3n) is 4.11. The lowest BCUT2D eigenvalue weighted by molar-refractivity contribution is 0.462. The standard InChI is InChI=1S/C17H14O3S/c18-16(11-6-7-21-9-11)10-4-5-13-15(8-10)20-14-3-1-2-12(14)17(13)19/h5-9,18H,1-4H2. The third kappa shape index (κ3) is 1.98. The monoisotopic (exact) mass is 298 g/mol. The van der Waals surface area contributed by atoms with Crippen LogP contribution in [0.2, 0.25) is 0 Å². The lowest BCUT2D eigenvalue weighted by atomic mass is 10.0. The number of thiophene rings is 1. The van der Waals surface area contributed by atoms with Gasteiger partial charge >= 0.3 is 0 Å². The molecule has 2 aliphatic carbocycles. The molecule has 106 valence electrons. The van der Waals surface area contributed by atoms with Crippen LogP contribution in [0.4, 0.5) is 0 Å². The fourth-order valence-corrected chi connectivity index (χ4v) is 3.65. The van der Waals surface area contributed by atoms with Gasteiger partial charge in [-0.3, -0.25) is 4.79 Å². The number of allylic oxidation sites excluding steroid dienone is 1. The van der Waals surface area contributed by atoms with Gasteiger partial charge in [0, 0.05) is 28.5 Å². The molecule has 2 heterocycles. The van der Waals surface area contributed by atoms with Gasteiger partial charge in [-0.25, -0.2) is 0 Å². The Morgan fingerprint density at radius 3 is 3.05 bits per heavy atom. The van der Waals surface area contributed by atoms with Crippen molar-refractivity contribution in [1.82, 2.24) is 0 Å². The Morgan fingerprint density at radius 1 is 1.33 bits per heavy atom. The average Bonchev–Trinajstić information content (AvgIpc) is 3.17. The number of rotatable bonds is 1. The molecule has 0 fully saturated rings. The third-order valence-corrected chi connectivity index (χ3v) is 4.80. The highest BCUT2D eigenvalue weighted by molar-refractivity contribution is 7.08. The molecule has 0 unspecified atom stereocenters. The highest BCUT2D eigenvalue weighted by Crippen LogP contribution is 2.23. The second-order valence-corrected chi connectivity index (χ2v) is 6.18. The summed E-state index contributed by atoms with van der Waals surface area (Å²) in [5.41, 5.74) is 3.14. The van der Waals surface area contributed by atoms with E-state index in [0.29, 0.717) is 17.1 Å². The first-order valence-corrected chi connectivity index (χ1v) is 8.00. The summed E-state index contributed by atoms with van der Waals surface area (Å²) >= 11 is 1.54. The van der Waals surface area contributed by atoms with Crippen LogP contribution in [0.3, 0.4) is 0 Å². The fraction of sp³-hybridized carbons (Fsp3) is 0.235. The van der Waals surface area contributed by atoms with E-state index in [4.69, 9.17) is 4.42 Å². The summed E-state index contributed by atoms with van der Waals surface area (Å²) in [5, 5.41) is 14.8. The van der Waals surface area contributed by atoms with Crippen molar-refractivity contribution in [1.29, 1.82) is 0 Å². The summed E-state index contributed by atoms with van der Waals surface area (Å²) in [6, 6.07) is 1.88. The molecule has 2 aliphatic rings. The van der Waals surface area contributed by atoms with E-state index in [1.54, 1.807) is 11.3 Å². The lowest BCUT2D eigenvalue weighted by Crippen LogP contribution is -2.42. The Hall–Kier alpha value is -2.07. The van der Waals surface area contributed by atoms with Gasteiger partial charge in [0.25, 0.3) is 0 Å². The molecule has 4 rings (SSSR count). The van der Waals surface area contributed by atoms with Crippen molar-refractivity contribution in [3.8, 4) is 0 Å². The molecular weight excluding hydrogens is 284 g/mol. The Bertz CT molecular complexity index is 914. The normalized spacial score (nSPS) is 18.5. The van der Waals surface area contributed by atoms with E-state index in [2.05, 4.69) is 0 Å². The van der Waals surface area contributed by atoms with Gasteiger partial charge < -0.3 is 9.52 Å². The van der Waals surface area contributed by atoms with Crippen LogP contribution >= 0.6 is 11.3 Å². The fourth-order valence-electron chi connectivity index (χ4n) is 3.01. The molecule has 0 radical (unpaired) electrons. The molecule has 3 nitrogen and oxygen atoms in total. The van der Waals surface area contributed by atoms with Crippen LogP contribution < -0.4 is 16.1 Å². The largest absolute Gasteiger partial charge is 0.507 e. The molecule has 0 aromatic carbocycles. The Morgan fingerprint density at radius 2 is 2.24 bits per heavy atom. The summed E-state index contributed by atoms with van der Waals surface area (Å²) in [4.78, 5) is 12.4. The van der Waals surface area contributed by atoms with Crippen molar-refractivity contribution in [2.75, 3.05) is 0 Å². The molecule has 0 bridgehead atoms. The first-order valence-electron chi connectivity index (χ1n) is 7.05. The summed E-state index contributed by atoms with van der Waals surface area (Å²) in [5.74, 6) is 1.08. The van der Waals surface area contributed by atoms with E-state index in [0.717, 1.165) is 41.7 Å². The highest BCUT2D eigenvalue weighted by atomic mass is 32.1. The predicted molar refractivity (Wildman–Crippen MR) is 83.7 cm³/mol. The quantitative estimate of drug-likeness (QED) is 0.821. The maximum atomic E-state index is 12.4. The van der Waals surface area contributed by atoms with Crippen molar-refractivity contribution in [3.63, 3.8) is 0 Å². The van der Waals surface area contributed by atoms with Crippen LogP contribution in [0.25, 0.3) is 17.9 Å². The Balaban J connectivity index is 1.94. The summed E-state index contributed by atoms with van der Waals surface area (Å²) < 4.78 is 5.89. The first kappa shape index (κ1) is 12.7. The highest BCUT2D eigenvalue weighted by Gasteiger charge is 2.19. The van der Waals surface area contributed by atoms with E-state index in [1.807, 2.05) is 29.0 Å². The molecule has 1 N–H and O–H groups in total. The minimum Gasteiger partial charge on any atom is -0.507 e. The summed E-state index contributed by atoms with van der Waals surface area (Å²) in [6.07, 6.45) is 6.88. The topological polar surface area (TPSA) is 50.4 Å². The molecule has 0 atom stereocenters. The van der Waals surface area contributed by atoms with Gasteiger partial charge in [-0.05, 0) is 36.8 Å². The second kappa shape index (κ2) is 4.74. The minimum atomic E-state index is 0.106. The van der Waals surface area contributed by atoms with E-state index in [-0.39, 0.29) is 11.2 Å². The van der Waals surface area contributed by atoms with Gasteiger partial charge in [-0.1, -0.05) is 6.08 Å².